The lowest BCUT2D eigenvalue weighted by Crippen LogP contribution is -2.30. The molecule has 0 unspecified atom stereocenters. The van der Waals surface area contributed by atoms with E-state index in [4.69, 9.17) is 10.0 Å². The minimum atomic E-state index is -1.47. The zero-order valence-electron chi connectivity index (χ0n) is 7.41. The van der Waals surface area contributed by atoms with Gasteiger partial charge in [-0.1, -0.05) is 0 Å². The molecular weight excluding hydrogens is 179 g/mol. The molecule has 0 aliphatic carbocycles. The molecule has 5 heteroatoms. The molecule has 70 valence electrons. The Morgan fingerprint density at radius 3 is 2.50 bits per heavy atom. The van der Waals surface area contributed by atoms with Gasteiger partial charge < -0.3 is 14.6 Å². The van der Waals surface area contributed by atoms with Gasteiger partial charge in [-0.25, -0.2) is 0 Å². The highest BCUT2D eigenvalue weighted by atomic mass is 16.4. The second-order valence-electron chi connectivity index (χ2n) is 2.94. The first-order chi connectivity index (χ1) is 6.77. The summed E-state index contributed by atoms with van der Waals surface area (Å²) in [7, 11) is -1.47. The highest BCUT2D eigenvalue weighted by molar-refractivity contribution is 6.58. The Labute approximate surface area is 81.6 Å². The monoisotopic (exact) mass is 188 g/mol. The standard InChI is InChI=1S/C9H9BN2O2/c13-10(14)8-5-9(7-11-6-8)12-3-1-2-4-12/h1-7,13-14H. The number of hydrogen-bond donors (Lipinski definition) is 2. The summed E-state index contributed by atoms with van der Waals surface area (Å²) in [6.45, 7) is 0. The summed E-state index contributed by atoms with van der Waals surface area (Å²) >= 11 is 0. The van der Waals surface area contributed by atoms with Gasteiger partial charge in [-0.05, 0) is 18.2 Å². The molecule has 0 radical (unpaired) electrons. The molecule has 4 nitrogen and oxygen atoms in total. The van der Waals surface area contributed by atoms with Gasteiger partial charge >= 0.3 is 7.12 Å². The molecule has 0 aliphatic heterocycles. The molecule has 0 atom stereocenters. The molecule has 2 N–H and O–H groups in total. The average Bonchev–Trinajstić information content (AvgIpc) is 2.71. The van der Waals surface area contributed by atoms with Gasteiger partial charge in [0.2, 0.25) is 0 Å². The van der Waals surface area contributed by atoms with Crippen LogP contribution in [0.15, 0.2) is 43.0 Å². The van der Waals surface area contributed by atoms with Crippen molar-refractivity contribution in [1.29, 1.82) is 0 Å². The van der Waals surface area contributed by atoms with Gasteiger partial charge in [0.15, 0.2) is 0 Å². The summed E-state index contributed by atoms with van der Waals surface area (Å²) in [6.07, 6.45) is 6.82. The van der Waals surface area contributed by atoms with Crippen LogP contribution in [0.1, 0.15) is 0 Å². The molecule has 14 heavy (non-hydrogen) atoms. The van der Waals surface area contributed by atoms with E-state index in [-0.39, 0.29) is 0 Å². The van der Waals surface area contributed by atoms with Crippen LogP contribution in [0, 0.1) is 0 Å². The summed E-state index contributed by atoms with van der Waals surface area (Å²) in [5.41, 5.74) is 1.19. The molecule has 2 rings (SSSR count). The number of pyridine rings is 1. The van der Waals surface area contributed by atoms with Crippen LogP contribution in [0.5, 0.6) is 0 Å². The molecule has 2 heterocycles. The van der Waals surface area contributed by atoms with Gasteiger partial charge in [0.05, 0.1) is 11.9 Å². The molecule has 0 saturated heterocycles. The summed E-state index contributed by atoms with van der Waals surface area (Å²) in [6, 6.07) is 5.46. The van der Waals surface area contributed by atoms with E-state index in [1.807, 2.05) is 29.1 Å². The van der Waals surface area contributed by atoms with Crippen LogP contribution in [-0.4, -0.2) is 26.7 Å². The van der Waals surface area contributed by atoms with E-state index >= 15 is 0 Å². The van der Waals surface area contributed by atoms with Crippen molar-refractivity contribution in [1.82, 2.24) is 9.55 Å². The van der Waals surface area contributed by atoms with E-state index in [1.54, 1.807) is 12.3 Å². The first-order valence-corrected chi connectivity index (χ1v) is 4.22. The van der Waals surface area contributed by atoms with Crippen molar-refractivity contribution < 1.29 is 10.0 Å². The van der Waals surface area contributed by atoms with Crippen LogP contribution in [0.2, 0.25) is 0 Å². The Bertz CT molecular complexity index is 415. The maximum Gasteiger partial charge on any atom is 0.490 e. The second-order valence-corrected chi connectivity index (χ2v) is 2.94. The van der Waals surface area contributed by atoms with Crippen LogP contribution in [0.3, 0.4) is 0 Å². The minimum absolute atomic E-state index is 0.385. The van der Waals surface area contributed by atoms with Crippen LogP contribution < -0.4 is 5.46 Å². The molecule has 0 aromatic carbocycles. The average molecular weight is 188 g/mol. The molecule has 2 aromatic heterocycles. The fourth-order valence-electron chi connectivity index (χ4n) is 1.23. The molecule has 0 saturated carbocycles. The molecule has 0 amide bonds. The number of nitrogens with zero attached hydrogens (tertiary/aromatic N) is 2. The normalized spacial score (nSPS) is 10.1. The van der Waals surface area contributed by atoms with E-state index in [1.165, 1.54) is 6.20 Å². The van der Waals surface area contributed by atoms with Crippen LogP contribution in [0.4, 0.5) is 0 Å². The largest absolute Gasteiger partial charge is 0.490 e. The lowest BCUT2D eigenvalue weighted by molar-refractivity contribution is 0.425. The Morgan fingerprint density at radius 1 is 1.14 bits per heavy atom. The third-order valence-electron chi connectivity index (χ3n) is 1.95. The van der Waals surface area contributed by atoms with Crippen LogP contribution in [0.25, 0.3) is 5.69 Å². The number of rotatable bonds is 2. The summed E-state index contributed by atoms with van der Waals surface area (Å²) in [4.78, 5) is 3.92. The third kappa shape index (κ3) is 1.68. The summed E-state index contributed by atoms with van der Waals surface area (Å²) in [5, 5.41) is 17.9. The van der Waals surface area contributed by atoms with E-state index in [2.05, 4.69) is 4.98 Å². The zero-order valence-corrected chi connectivity index (χ0v) is 7.41. The lowest BCUT2D eigenvalue weighted by Gasteiger charge is -2.04. The van der Waals surface area contributed by atoms with Crippen molar-refractivity contribution >= 4 is 12.6 Å². The van der Waals surface area contributed by atoms with Gasteiger partial charge in [-0.3, -0.25) is 4.98 Å². The van der Waals surface area contributed by atoms with Gasteiger partial charge in [0.25, 0.3) is 0 Å². The zero-order chi connectivity index (χ0) is 9.97. The third-order valence-corrected chi connectivity index (χ3v) is 1.95. The smallest absolute Gasteiger partial charge is 0.423 e. The van der Waals surface area contributed by atoms with E-state index < -0.39 is 7.12 Å². The van der Waals surface area contributed by atoms with Gasteiger partial charge in [0, 0.05) is 24.1 Å². The van der Waals surface area contributed by atoms with E-state index in [0.29, 0.717) is 5.46 Å². The quantitative estimate of drug-likeness (QED) is 0.627. The molecule has 0 fully saturated rings. The maximum atomic E-state index is 8.95. The minimum Gasteiger partial charge on any atom is -0.423 e. The Balaban J connectivity index is 2.41. The maximum absolute atomic E-state index is 8.95. The first kappa shape index (κ1) is 8.99. The number of aromatic nitrogens is 2. The van der Waals surface area contributed by atoms with Crippen LogP contribution in [-0.2, 0) is 0 Å². The Hall–Kier alpha value is -1.59. The van der Waals surface area contributed by atoms with Crippen LogP contribution >= 0.6 is 0 Å². The summed E-state index contributed by atoms with van der Waals surface area (Å²) < 4.78 is 1.85. The Morgan fingerprint density at radius 2 is 1.86 bits per heavy atom. The molecule has 0 bridgehead atoms. The number of hydrogen-bond acceptors (Lipinski definition) is 3. The fourth-order valence-corrected chi connectivity index (χ4v) is 1.23. The van der Waals surface area contributed by atoms with Crippen molar-refractivity contribution in [3.05, 3.63) is 43.0 Å². The predicted molar refractivity (Wildman–Crippen MR) is 53.4 cm³/mol. The van der Waals surface area contributed by atoms with E-state index in [9.17, 15) is 0 Å². The summed E-state index contributed by atoms with van der Waals surface area (Å²) in [5.74, 6) is 0. The predicted octanol–water partition coefficient (Wildman–Crippen LogP) is -0.448. The first-order valence-electron chi connectivity index (χ1n) is 4.22. The SMILES string of the molecule is OB(O)c1cncc(-n2cccc2)c1. The van der Waals surface area contributed by atoms with E-state index in [0.717, 1.165) is 5.69 Å². The fraction of sp³-hybridized carbons (Fsp3) is 0. The Kier molecular flexibility index (Phi) is 2.34. The molecular formula is C9H9BN2O2. The molecule has 0 spiro atoms. The van der Waals surface area contributed by atoms with Gasteiger partial charge in [0.1, 0.15) is 0 Å². The highest BCUT2D eigenvalue weighted by Gasteiger charge is 2.11. The highest BCUT2D eigenvalue weighted by Crippen LogP contribution is 2.03. The van der Waals surface area contributed by atoms with Crippen molar-refractivity contribution in [2.24, 2.45) is 0 Å². The van der Waals surface area contributed by atoms with Gasteiger partial charge in [-0.2, -0.15) is 0 Å². The topological polar surface area (TPSA) is 58.3 Å². The molecule has 2 aromatic rings. The van der Waals surface area contributed by atoms with Crippen molar-refractivity contribution in [3.8, 4) is 5.69 Å². The van der Waals surface area contributed by atoms with Crippen molar-refractivity contribution in [2.75, 3.05) is 0 Å². The van der Waals surface area contributed by atoms with Gasteiger partial charge in [-0.15, -0.1) is 0 Å². The molecule has 0 aliphatic rings. The van der Waals surface area contributed by atoms with Crippen molar-refractivity contribution in [3.63, 3.8) is 0 Å². The van der Waals surface area contributed by atoms with Crippen molar-refractivity contribution in [2.45, 2.75) is 0 Å². The second kappa shape index (κ2) is 3.65. The lowest BCUT2D eigenvalue weighted by atomic mass is 9.81.